The molecule has 0 amide bonds. The number of hydrogen-bond donors (Lipinski definition) is 1. The van der Waals surface area contributed by atoms with E-state index in [0.717, 1.165) is 13.0 Å². The summed E-state index contributed by atoms with van der Waals surface area (Å²) >= 11 is 0. The van der Waals surface area contributed by atoms with Gasteiger partial charge in [0.05, 0.1) is 0 Å². The van der Waals surface area contributed by atoms with Crippen LogP contribution < -0.4 is 10.1 Å². The molecule has 0 aliphatic carbocycles. The minimum atomic E-state index is -0.981. The van der Waals surface area contributed by atoms with Crippen molar-refractivity contribution in [2.24, 2.45) is 0 Å². The van der Waals surface area contributed by atoms with Crippen molar-refractivity contribution < 1.29 is 9.13 Å². The van der Waals surface area contributed by atoms with Crippen LogP contribution in [0.3, 0.4) is 0 Å². The van der Waals surface area contributed by atoms with Gasteiger partial charge in [0.15, 0.2) is 0 Å². The number of ether oxygens (including phenoxy) is 1. The second kappa shape index (κ2) is 6.01. The number of piperidine rings is 1. The summed E-state index contributed by atoms with van der Waals surface area (Å²) in [5.41, 5.74) is 0.642. The minimum absolute atomic E-state index is 0.409. The predicted octanol–water partition coefficient (Wildman–Crippen LogP) is 3.24. The second-order valence-corrected chi connectivity index (χ2v) is 4.61. The van der Waals surface area contributed by atoms with Crippen molar-refractivity contribution in [3.63, 3.8) is 0 Å². The monoisotopic (exact) mass is 237 g/mol. The summed E-state index contributed by atoms with van der Waals surface area (Å²) in [4.78, 5) is 0. The van der Waals surface area contributed by atoms with Gasteiger partial charge in [-0.3, -0.25) is 0 Å². The Morgan fingerprint density at radius 2 is 2.24 bits per heavy atom. The Balaban J connectivity index is 1.93. The van der Waals surface area contributed by atoms with Crippen LogP contribution in [0.1, 0.15) is 37.9 Å². The van der Waals surface area contributed by atoms with Gasteiger partial charge in [-0.15, -0.1) is 0 Å². The molecule has 1 aromatic carbocycles. The molecule has 1 N–H and O–H groups in total. The smallest absolute Gasteiger partial charge is 0.126 e. The van der Waals surface area contributed by atoms with E-state index in [1.807, 2.05) is 18.2 Å². The highest BCUT2D eigenvalue weighted by atomic mass is 19.1. The van der Waals surface area contributed by atoms with E-state index in [9.17, 15) is 4.39 Å². The summed E-state index contributed by atoms with van der Waals surface area (Å²) in [6, 6.07) is 7.77. The molecule has 17 heavy (non-hydrogen) atoms. The van der Waals surface area contributed by atoms with E-state index >= 15 is 0 Å². The molecule has 0 spiro atoms. The number of alkyl halides is 1. The maximum Gasteiger partial charge on any atom is 0.126 e. The van der Waals surface area contributed by atoms with Gasteiger partial charge in [-0.1, -0.05) is 24.6 Å². The van der Waals surface area contributed by atoms with Gasteiger partial charge in [-0.25, -0.2) is 4.39 Å². The van der Waals surface area contributed by atoms with Crippen molar-refractivity contribution >= 4 is 0 Å². The lowest BCUT2D eigenvalue weighted by molar-refractivity contribution is 0.232. The molecule has 2 unspecified atom stereocenters. The Kier molecular flexibility index (Phi) is 4.37. The first-order valence-electron chi connectivity index (χ1n) is 6.36. The zero-order valence-electron chi connectivity index (χ0n) is 10.3. The topological polar surface area (TPSA) is 21.3 Å². The first kappa shape index (κ1) is 12.4. The standard InChI is InChI=1S/C14H20FNO/c1-11(15)13-7-2-3-8-14(13)17-10-12-6-4-5-9-16-12/h2-3,7-8,11-12,16H,4-6,9-10H2,1H3. The SMILES string of the molecule is CC(F)c1ccccc1OCC1CCCCN1. The number of nitrogens with one attached hydrogen (secondary N) is 1. The highest BCUT2D eigenvalue weighted by molar-refractivity contribution is 5.34. The van der Waals surface area contributed by atoms with Crippen LogP contribution >= 0.6 is 0 Å². The molecule has 2 nitrogen and oxygen atoms in total. The average Bonchev–Trinajstić information content (AvgIpc) is 2.38. The van der Waals surface area contributed by atoms with E-state index in [0.29, 0.717) is 24.0 Å². The van der Waals surface area contributed by atoms with E-state index in [2.05, 4.69) is 5.32 Å². The molecule has 2 rings (SSSR count). The molecule has 0 saturated carbocycles. The van der Waals surface area contributed by atoms with Gasteiger partial charge < -0.3 is 10.1 Å². The zero-order chi connectivity index (χ0) is 12.1. The van der Waals surface area contributed by atoms with Gasteiger partial charge in [0.2, 0.25) is 0 Å². The van der Waals surface area contributed by atoms with Crippen LogP contribution in [0.25, 0.3) is 0 Å². The van der Waals surface area contributed by atoms with Crippen LogP contribution in [0.2, 0.25) is 0 Å². The molecule has 94 valence electrons. The number of para-hydroxylation sites is 1. The lowest BCUT2D eigenvalue weighted by Gasteiger charge is -2.24. The van der Waals surface area contributed by atoms with Crippen LogP contribution in [-0.4, -0.2) is 19.2 Å². The van der Waals surface area contributed by atoms with Crippen molar-refractivity contribution in [1.29, 1.82) is 0 Å². The van der Waals surface area contributed by atoms with Crippen LogP contribution in [0.4, 0.5) is 4.39 Å². The maximum absolute atomic E-state index is 13.4. The fourth-order valence-corrected chi connectivity index (χ4v) is 2.20. The Bertz CT molecular complexity index is 348. The Labute approximate surface area is 102 Å². The van der Waals surface area contributed by atoms with Crippen LogP contribution in [0, 0.1) is 0 Å². The minimum Gasteiger partial charge on any atom is -0.492 e. The van der Waals surface area contributed by atoms with E-state index in [1.54, 1.807) is 13.0 Å². The summed E-state index contributed by atoms with van der Waals surface area (Å²) in [5, 5.41) is 3.42. The van der Waals surface area contributed by atoms with Crippen molar-refractivity contribution in [2.45, 2.75) is 38.4 Å². The van der Waals surface area contributed by atoms with Crippen molar-refractivity contribution in [3.8, 4) is 5.75 Å². The van der Waals surface area contributed by atoms with Crippen LogP contribution in [0.5, 0.6) is 5.75 Å². The van der Waals surface area contributed by atoms with E-state index in [-0.39, 0.29) is 0 Å². The van der Waals surface area contributed by atoms with Crippen molar-refractivity contribution in [1.82, 2.24) is 5.32 Å². The predicted molar refractivity (Wildman–Crippen MR) is 67.1 cm³/mol. The van der Waals surface area contributed by atoms with Crippen LogP contribution in [-0.2, 0) is 0 Å². The number of rotatable bonds is 4. The second-order valence-electron chi connectivity index (χ2n) is 4.61. The molecule has 1 aliphatic rings. The fourth-order valence-electron chi connectivity index (χ4n) is 2.20. The Morgan fingerprint density at radius 3 is 2.94 bits per heavy atom. The molecule has 0 aromatic heterocycles. The van der Waals surface area contributed by atoms with Gasteiger partial charge in [0, 0.05) is 11.6 Å². The summed E-state index contributed by atoms with van der Waals surface area (Å²) < 4.78 is 19.1. The first-order chi connectivity index (χ1) is 8.27. The molecular weight excluding hydrogens is 217 g/mol. The highest BCUT2D eigenvalue weighted by Crippen LogP contribution is 2.27. The molecular formula is C14H20FNO. The average molecular weight is 237 g/mol. The van der Waals surface area contributed by atoms with Crippen LogP contribution in [0.15, 0.2) is 24.3 Å². The normalized spacial score (nSPS) is 22.1. The van der Waals surface area contributed by atoms with Crippen molar-refractivity contribution in [2.75, 3.05) is 13.2 Å². The molecule has 0 bridgehead atoms. The largest absolute Gasteiger partial charge is 0.492 e. The summed E-state index contributed by atoms with van der Waals surface area (Å²) in [6.07, 6.45) is 2.66. The van der Waals surface area contributed by atoms with E-state index in [1.165, 1.54) is 12.8 Å². The Hall–Kier alpha value is -1.09. The molecule has 0 radical (unpaired) electrons. The van der Waals surface area contributed by atoms with Gasteiger partial charge in [-0.05, 0) is 32.4 Å². The quantitative estimate of drug-likeness (QED) is 0.868. The third-order valence-corrected chi connectivity index (χ3v) is 3.20. The van der Waals surface area contributed by atoms with Crippen molar-refractivity contribution in [3.05, 3.63) is 29.8 Å². The molecule has 1 aliphatic heterocycles. The molecule has 1 fully saturated rings. The number of halogens is 1. The summed E-state index contributed by atoms with van der Waals surface area (Å²) in [7, 11) is 0. The van der Waals surface area contributed by atoms with E-state index in [4.69, 9.17) is 4.74 Å². The molecule has 1 heterocycles. The summed E-state index contributed by atoms with van der Waals surface area (Å²) in [5.74, 6) is 0.676. The summed E-state index contributed by atoms with van der Waals surface area (Å²) in [6.45, 7) is 3.24. The third kappa shape index (κ3) is 3.43. The molecule has 2 atom stereocenters. The maximum atomic E-state index is 13.4. The fraction of sp³-hybridized carbons (Fsp3) is 0.571. The third-order valence-electron chi connectivity index (χ3n) is 3.20. The van der Waals surface area contributed by atoms with E-state index < -0.39 is 6.17 Å². The first-order valence-corrected chi connectivity index (χ1v) is 6.36. The molecule has 1 saturated heterocycles. The Morgan fingerprint density at radius 1 is 1.41 bits per heavy atom. The zero-order valence-corrected chi connectivity index (χ0v) is 10.3. The van der Waals surface area contributed by atoms with Gasteiger partial charge >= 0.3 is 0 Å². The van der Waals surface area contributed by atoms with Gasteiger partial charge in [-0.2, -0.15) is 0 Å². The molecule has 3 heteroatoms. The lowest BCUT2D eigenvalue weighted by atomic mass is 10.1. The highest BCUT2D eigenvalue weighted by Gasteiger charge is 2.15. The lowest BCUT2D eigenvalue weighted by Crippen LogP contribution is -2.38. The molecule has 1 aromatic rings. The number of hydrogen-bond acceptors (Lipinski definition) is 2. The van der Waals surface area contributed by atoms with Gasteiger partial charge in [0.25, 0.3) is 0 Å². The van der Waals surface area contributed by atoms with Gasteiger partial charge in [0.1, 0.15) is 18.5 Å². The number of benzene rings is 1.